The fourth-order valence-electron chi connectivity index (χ4n) is 19.9. The number of hydrogen-bond donors (Lipinski definition) is 0. The quantitative estimate of drug-likeness (QED) is 0.154. The van der Waals surface area contributed by atoms with Gasteiger partial charge in [0.2, 0.25) is 0 Å². The van der Waals surface area contributed by atoms with Gasteiger partial charge in [-0.2, -0.15) is 0 Å². The standard InChI is InChI=1S/C94H54/c1-47-69-45-71-49(3)75-63-39-43-67-86-68(94-82(56-27-15-8-16-28-56)90-60-36-20-32-52-31-19-35-59(78(52)60)89(90)81(93(67)94)55-25-13-7-14-26-55)44-40-64(84(63)86)76(75)50(4)72(71)46-70(69)48(2)74-62-38-42-66-85-65(41-37-61(73(47)74)83(62)85)91-79(53-21-9-5-10-22-53)87-57-33-17-29-51-30-18-34-58(77(51)57)88(87)80(92(66)91)54-23-11-6-12-24-54/h5-46H,1-4H3. The number of hydrogen-bond acceptors (Lipinski definition) is 0. The molecular formula is C94H54. The highest BCUT2D eigenvalue weighted by Gasteiger charge is 2.34. The molecule has 0 bridgehead atoms. The molecule has 0 nitrogen and oxygen atoms in total. The van der Waals surface area contributed by atoms with E-state index in [-0.39, 0.29) is 0 Å². The number of fused-ring (bicyclic) bond motifs is 18. The molecule has 0 fully saturated rings. The molecule has 0 saturated carbocycles. The zero-order valence-corrected chi connectivity index (χ0v) is 52.2. The van der Waals surface area contributed by atoms with Crippen molar-refractivity contribution in [1.29, 1.82) is 0 Å². The third-order valence-electron chi connectivity index (χ3n) is 23.4. The van der Waals surface area contributed by atoms with E-state index in [1.54, 1.807) is 0 Å². The lowest BCUT2D eigenvalue weighted by molar-refractivity contribution is 1.34. The van der Waals surface area contributed by atoms with Gasteiger partial charge in [-0.25, -0.2) is 0 Å². The van der Waals surface area contributed by atoms with Gasteiger partial charge in [0.1, 0.15) is 0 Å². The van der Waals surface area contributed by atoms with Gasteiger partial charge >= 0.3 is 0 Å². The molecule has 0 radical (unpaired) electrons. The van der Waals surface area contributed by atoms with Crippen molar-refractivity contribution in [3.63, 3.8) is 0 Å². The number of benzene rings is 17. The Labute approximate surface area is 539 Å². The lowest BCUT2D eigenvalue weighted by Gasteiger charge is -2.18. The summed E-state index contributed by atoms with van der Waals surface area (Å²) in [7, 11) is 0. The molecule has 0 N–H and O–H groups in total. The van der Waals surface area contributed by atoms with Crippen LogP contribution >= 0.6 is 0 Å². The van der Waals surface area contributed by atoms with E-state index in [2.05, 4.69) is 282 Å². The molecule has 430 valence electrons. The Bertz CT molecular complexity index is 6890. The van der Waals surface area contributed by atoms with Gasteiger partial charge in [-0.3, -0.25) is 0 Å². The van der Waals surface area contributed by atoms with Crippen LogP contribution in [0, 0.1) is 48.6 Å². The molecule has 0 saturated heterocycles. The molecule has 0 aliphatic heterocycles. The van der Waals surface area contributed by atoms with E-state index in [0.717, 1.165) is 0 Å². The van der Waals surface area contributed by atoms with Crippen LogP contribution in [0.15, 0.2) is 255 Å². The maximum atomic E-state index is 2.59. The average Bonchev–Trinajstić information content (AvgIpc) is 1.51. The van der Waals surface area contributed by atoms with Gasteiger partial charge in [0.15, 0.2) is 0 Å². The van der Waals surface area contributed by atoms with Crippen LogP contribution in [0.2, 0.25) is 0 Å². The predicted molar refractivity (Wildman–Crippen MR) is 403 cm³/mol. The Morgan fingerprint density at radius 3 is 0.766 bits per heavy atom. The normalized spacial score (nSPS) is 12.9. The van der Waals surface area contributed by atoms with Crippen LogP contribution in [-0.2, 0) is 0 Å². The fourth-order valence-corrected chi connectivity index (χ4v) is 19.9. The summed E-state index contributed by atoms with van der Waals surface area (Å²) in [6, 6.07) is 98.0. The summed E-state index contributed by atoms with van der Waals surface area (Å²) in [5.41, 5.74) is 21.3. The maximum Gasteiger partial charge on any atom is -0.000717 e. The number of rotatable bonds is 4. The van der Waals surface area contributed by atoms with Gasteiger partial charge in [0.25, 0.3) is 0 Å². The highest BCUT2D eigenvalue weighted by atomic mass is 14.4. The van der Waals surface area contributed by atoms with Crippen LogP contribution in [0.4, 0.5) is 0 Å². The average molecular weight is 1180 g/mol. The summed E-state index contributed by atoms with van der Waals surface area (Å²) in [6.07, 6.45) is 0. The summed E-state index contributed by atoms with van der Waals surface area (Å²) in [4.78, 5) is 0. The zero-order valence-electron chi connectivity index (χ0n) is 52.2. The zero-order chi connectivity index (χ0) is 61.4. The van der Waals surface area contributed by atoms with E-state index in [1.807, 2.05) is 0 Å². The molecule has 0 heteroatoms. The van der Waals surface area contributed by atoms with Crippen molar-refractivity contribution < 1.29 is 0 Å². The van der Waals surface area contributed by atoms with Crippen LogP contribution < -0.4 is 0 Å². The molecule has 0 spiro atoms. The van der Waals surface area contributed by atoms with E-state index in [1.165, 1.54) is 261 Å². The summed E-state index contributed by atoms with van der Waals surface area (Å²) in [5.74, 6) is 0. The van der Waals surface area contributed by atoms with Gasteiger partial charge < -0.3 is 0 Å². The minimum Gasteiger partial charge on any atom is -0.0622 e. The van der Waals surface area contributed by atoms with E-state index in [0.29, 0.717) is 0 Å². The van der Waals surface area contributed by atoms with Gasteiger partial charge in [-0.15, -0.1) is 0 Å². The summed E-state index contributed by atoms with van der Waals surface area (Å²) in [6.45, 7) is 9.67. The lowest BCUT2D eigenvalue weighted by atomic mass is 9.85. The molecule has 0 unspecified atom stereocenters. The van der Waals surface area contributed by atoms with Crippen LogP contribution in [0.25, 0.3) is 218 Å². The van der Waals surface area contributed by atoms with Crippen LogP contribution in [-0.4, -0.2) is 0 Å². The first-order valence-electron chi connectivity index (χ1n) is 33.4. The van der Waals surface area contributed by atoms with Crippen molar-refractivity contribution >= 4 is 151 Å². The van der Waals surface area contributed by atoms with E-state index < -0.39 is 0 Å². The lowest BCUT2D eigenvalue weighted by Crippen LogP contribution is -1.95. The Kier molecular flexibility index (Phi) is 9.18. The minimum absolute atomic E-state index is 1.26. The van der Waals surface area contributed by atoms with Crippen molar-refractivity contribution in [3.05, 3.63) is 298 Å². The van der Waals surface area contributed by atoms with E-state index >= 15 is 0 Å². The first kappa shape index (κ1) is 50.0. The van der Waals surface area contributed by atoms with Crippen molar-refractivity contribution in [2.45, 2.75) is 27.7 Å². The second kappa shape index (κ2) is 17.3. The SMILES string of the molecule is Cc1c2c(c(C)c3cc4c(C)c5c(c(C)c4cc13)=c1ccc3c4c(-c6ccccc6)c6c7cccc8cccc(c6c(-c6ccccc6)c4c4ccc=5c1c34)c87)-c1ccc3c4c(-c5ccccc5)c5c6cccc7cccc(c5c(-c5ccccc5)c4c4ccc-2c1c43)c76. The van der Waals surface area contributed by atoms with Gasteiger partial charge in [0, 0.05) is 0 Å². The third kappa shape index (κ3) is 5.75. The Balaban J connectivity index is 0.807. The maximum absolute atomic E-state index is 2.59. The van der Waals surface area contributed by atoms with Crippen molar-refractivity contribution in [1.82, 2.24) is 0 Å². The van der Waals surface area contributed by atoms with Crippen molar-refractivity contribution in [2.75, 3.05) is 0 Å². The molecule has 2 aliphatic carbocycles. The third-order valence-corrected chi connectivity index (χ3v) is 23.4. The first-order chi connectivity index (χ1) is 46.4. The molecule has 0 atom stereocenters. The van der Waals surface area contributed by atoms with E-state index in [4.69, 9.17) is 0 Å². The van der Waals surface area contributed by atoms with Gasteiger partial charge in [-0.05, 0) is 301 Å². The monoisotopic (exact) mass is 1180 g/mol. The minimum atomic E-state index is 1.26. The number of aryl methyl sites for hydroxylation is 4. The topological polar surface area (TPSA) is 0 Å². The summed E-state index contributed by atoms with van der Waals surface area (Å²) < 4.78 is 0. The molecule has 21 aromatic rings. The molecule has 23 rings (SSSR count). The van der Waals surface area contributed by atoms with Gasteiger partial charge in [0.05, 0.1) is 0 Å². The van der Waals surface area contributed by atoms with Crippen LogP contribution in [0.3, 0.4) is 0 Å². The van der Waals surface area contributed by atoms with Crippen LogP contribution in [0.5, 0.6) is 0 Å². The molecular weight excluding hydrogens is 1130 g/mol. The predicted octanol–water partition coefficient (Wildman–Crippen LogP) is 26.0. The smallest absolute Gasteiger partial charge is 0.000717 e. The van der Waals surface area contributed by atoms with E-state index in [9.17, 15) is 0 Å². The highest BCUT2D eigenvalue weighted by molar-refractivity contribution is 6.49. The Morgan fingerprint density at radius 1 is 0.170 bits per heavy atom. The molecule has 0 heterocycles. The second-order valence-electron chi connectivity index (χ2n) is 27.5. The summed E-state index contributed by atoms with van der Waals surface area (Å²) >= 11 is 0. The van der Waals surface area contributed by atoms with Crippen LogP contribution in [0.1, 0.15) is 22.3 Å². The molecule has 0 amide bonds. The van der Waals surface area contributed by atoms with Gasteiger partial charge in [-0.1, -0.05) is 243 Å². The molecule has 0 aromatic heterocycles. The highest BCUT2D eigenvalue weighted by Crippen LogP contribution is 2.62. The largest absolute Gasteiger partial charge is 0.0622 e. The molecule has 94 heavy (non-hydrogen) atoms. The second-order valence-corrected chi connectivity index (χ2v) is 27.5. The Hall–Kier alpha value is -11.7. The molecule has 2 aliphatic rings. The Morgan fingerprint density at radius 2 is 0.447 bits per heavy atom. The molecule has 21 aromatic carbocycles. The van der Waals surface area contributed by atoms with Crippen molar-refractivity contribution in [3.8, 4) is 66.8 Å². The fraction of sp³-hybridized carbons (Fsp3) is 0.0426. The summed E-state index contributed by atoms with van der Waals surface area (Å²) in [5, 5.41) is 43.1. The van der Waals surface area contributed by atoms with Crippen molar-refractivity contribution in [2.24, 2.45) is 0 Å². The first-order valence-corrected chi connectivity index (χ1v) is 33.4.